The van der Waals surface area contributed by atoms with Gasteiger partial charge in [0.2, 0.25) is 0 Å². The summed E-state index contributed by atoms with van der Waals surface area (Å²) >= 11 is 12.0. The van der Waals surface area contributed by atoms with E-state index in [1.165, 1.54) is 11.1 Å². The molecule has 106 valence electrons. The summed E-state index contributed by atoms with van der Waals surface area (Å²) in [5.41, 5.74) is 2.44. The Balaban J connectivity index is 1.97. The van der Waals surface area contributed by atoms with Crippen LogP contribution in [-0.2, 0) is 6.54 Å². The maximum Gasteiger partial charge on any atom is 0.0946 e. The molecule has 0 saturated carbocycles. The molecule has 0 saturated heterocycles. The van der Waals surface area contributed by atoms with Crippen LogP contribution in [0.25, 0.3) is 0 Å². The molecule has 0 N–H and O–H groups in total. The van der Waals surface area contributed by atoms with Gasteiger partial charge in [-0.05, 0) is 35.4 Å². The maximum absolute atomic E-state index is 5.99. The van der Waals surface area contributed by atoms with Crippen LogP contribution in [0.4, 0.5) is 0 Å². The van der Waals surface area contributed by atoms with Crippen LogP contribution in [0.2, 0.25) is 10.0 Å². The number of rotatable bonds is 4. The Kier molecular flexibility index (Phi) is 4.28. The normalized spacial score (nSPS) is 11.0. The van der Waals surface area contributed by atoms with Gasteiger partial charge in [-0.1, -0.05) is 47.5 Å². The van der Waals surface area contributed by atoms with Gasteiger partial charge in [0, 0.05) is 34.9 Å². The largest absolute Gasteiger partial charge is 0.337 e. The average Bonchev–Trinajstić information content (AvgIpc) is 3.00. The van der Waals surface area contributed by atoms with Crippen LogP contribution in [0.1, 0.15) is 17.0 Å². The van der Waals surface area contributed by atoms with E-state index in [-0.39, 0.29) is 5.92 Å². The second-order valence-corrected chi connectivity index (χ2v) is 5.79. The lowest BCUT2D eigenvalue weighted by Crippen LogP contribution is -2.09. The molecule has 0 aliphatic carbocycles. The Morgan fingerprint density at radius 1 is 0.857 bits per heavy atom. The summed E-state index contributed by atoms with van der Waals surface area (Å²) in [6.45, 7) is 0.823. The van der Waals surface area contributed by atoms with Crippen LogP contribution < -0.4 is 0 Å². The molecule has 4 heteroatoms. The van der Waals surface area contributed by atoms with E-state index in [2.05, 4.69) is 33.8 Å². The lowest BCUT2D eigenvalue weighted by atomic mass is 9.91. The SMILES string of the molecule is Clc1ccc(C(Cn2ccnc2)c2ccc(Cl)cc2)cc1. The summed E-state index contributed by atoms with van der Waals surface area (Å²) in [5, 5.41) is 1.49. The molecular weight excluding hydrogens is 303 g/mol. The highest BCUT2D eigenvalue weighted by Crippen LogP contribution is 2.28. The maximum atomic E-state index is 5.99. The van der Waals surface area contributed by atoms with E-state index in [0.717, 1.165) is 16.6 Å². The first kappa shape index (κ1) is 14.2. The van der Waals surface area contributed by atoms with E-state index in [9.17, 15) is 0 Å². The van der Waals surface area contributed by atoms with Crippen molar-refractivity contribution < 1.29 is 0 Å². The van der Waals surface area contributed by atoms with Gasteiger partial charge in [-0.15, -0.1) is 0 Å². The standard InChI is InChI=1S/C17H14Cl2N2/c18-15-5-1-13(2-6-15)17(11-21-10-9-20-12-21)14-3-7-16(19)8-4-14/h1-10,12,17H,11H2. The predicted octanol–water partition coefficient (Wildman–Crippen LogP) is 5.02. The topological polar surface area (TPSA) is 17.8 Å². The second-order valence-electron chi connectivity index (χ2n) is 4.92. The van der Waals surface area contributed by atoms with Gasteiger partial charge in [0.15, 0.2) is 0 Å². The molecule has 0 fully saturated rings. The zero-order chi connectivity index (χ0) is 14.7. The molecule has 0 aliphatic rings. The van der Waals surface area contributed by atoms with Gasteiger partial charge >= 0.3 is 0 Å². The summed E-state index contributed by atoms with van der Waals surface area (Å²) in [6, 6.07) is 16.0. The van der Waals surface area contributed by atoms with Crippen molar-refractivity contribution in [2.75, 3.05) is 0 Å². The smallest absolute Gasteiger partial charge is 0.0946 e. The van der Waals surface area contributed by atoms with Crippen molar-refractivity contribution in [1.29, 1.82) is 0 Å². The molecule has 0 bridgehead atoms. The summed E-state index contributed by atoms with van der Waals surface area (Å²) < 4.78 is 2.08. The third-order valence-electron chi connectivity index (χ3n) is 3.50. The molecule has 1 heterocycles. The van der Waals surface area contributed by atoms with E-state index in [0.29, 0.717) is 0 Å². The summed E-state index contributed by atoms with van der Waals surface area (Å²) in [6.07, 6.45) is 5.60. The minimum Gasteiger partial charge on any atom is -0.337 e. The Labute approximate surface area is 134 Å². The minimum atomic E-state index is 0.230. The number of hydrogen-bond acceptors (Lipinski definition) is 1. The fourth-order valence-corrected chi connectivity index (χ4v) is 2.65. The number of nitrogens with zero attached hydrogens (tertiary/aromatic N) is 2. The molecule has 2 nitrogen and oxygen atoms in total. The van der Waals surface area contributed by atoms with Gasteiger partial charge in [0.1, 0.15) is 0 Å². The Bertz CT molecular complexity index is 643. The first-order valence-corrected chi connectivity index (χ1v) is 7.44. The fourth-order valence-electron chi connectivity index (χ4n) is 2.40. The average molecular weight is 317 g/mol. The Morgan fingerprint density at radius 2 is 1.38 bits per heavy atom. The summed E-state index contributed by atoms with van der Waals surface area (Å²) in [4.78, 5) is 4.11. The third kappa shape index (κ3) is 3.46. The summed E-state index contributed by atoms with van der Waals surface area (Å²) in [5.74, 6) is 0.230. The van der Waals surface area contributed by atoms with Crippen LogP contribution >= 0.6 is 23.2 Å². The van der Waals surface area contributed by atoms with Gasteiger partial charge in [-0.3, -0.25) is 0 Å². The van der Waals surface area contributed by atoms with Crippen LogP contribution in [0.3, 0.4) is 0 Å². The molecule has 0 unspecified atom stereocenters. The van der Waals surface area contributed by atoms with Gasteiger partial charge in [0.25, 0.3) is 0 Å². The number of aromatic nitrogens is 2. The van der Waals surface area contributed by atoms with Crippen molar-refractivity contribution >= 4 is 23.2 Å². The van der Waals surface area contributed by atoms with E-state index in [1.54, 1.807) is 6.20 Å². The highest BCUT2D eigenvalue weighted by atomic mass is 35.5. The molecule has 0 radical (unpaired) electrons. The Hall–Kier alpha value is -1.77. The zero-order valence-corrected chi connectivity index (χ0v) is 12.8. The third-order valence-corrected chi connectivity index (χ3v) is 4.00. The number of benzene rings is 2. The Morgan fingerprint density at radius 3 is 1.81 bits per heavy atom. The molecule has 0 spiro atoms. The van der Waals surface area contributed by atoms with Crippen molar-refractivity contribution in [3.63, 3.8) is 0 Å². The molecule has 3 rings (SSSR count). The molecule has 3 aromatic rings. The lowest BCUT2D eigenvalue weighted by molar-refractivity contribution is 0.623. The predicted molar refractivity (Wildman–Crippen MR) is 87.0 cm³/mol. The van der Waals surface area contributed by atoms with Crippen LogP contribution in [-0.4, -0.2) is 9.55 Å². The monoisotopic (exact) mass is 316 g/mol. The molecular formula is C17H14Cl2N2. The number of imidazole rings is 1. The van der Waals surface area contributed by atoms with E-state index in [4.69, 9.17) is 23.2 Å². The van der Waals surface area contributed by atoms with Gasteiger partial charge in [-0.25, -0.2) is 4.98 Å². The first-order chi connectivity index (χ1) is 10.2. The molecule has 0 amide bonds. The van der Waals surface area contributed by atoms with Crippen LogP contribution in [0, 0.1) is 0 Å². The van der Waals surface area contributed by atoms with Crippen LogP contribution in [0.15, 0.2) is 67.3 Å². The van der Waals surface area contributed by atoms with Crippen molar-refractivity contribution in [1.82, 2.24) is 9.55 Å². The number of halogens is 2. The van der Waals surface area contributed by atoms with Gasteiger partial charge in [-0.2, -0.15) is 0 Å². The molecule has 21 heavy (non-hydrogen) atoms. The fraction of sp³-hybridized carbons (Fsp3) is 0.118. The van der Waals surface area contributed by atoms with E-state index >= 15 is 0 Å². The minimum absolute atomic E-state index is 0.230. The van der Waals surface area contributed by atoms with Crippen molar-refractivity contribution in [2.45, 2.75) is 12.5 Å². The highest BCUT2D eigenvalue weighted by molar-refractivity contribution is 6.30. The van der Waals surface area contributed by atoms with Crippen molar-refractivity contribution in [2.24, 2.45) is 0 Å². The quantitative estimate of drug-likeness (QED) is 0.660. The zero-order valence-electron chi connectivity index (χ0n) is 11.3. The lowest BCUT2D eigenvalue weighted by Gasteiger charge is -2.19. The van der Waals surface area contributed by atoms with Gasteiger partial charge < -0.3 is 4.57 Å². The summed E-state index contributed by atoms with van der Waals surface area (Å²) in [7, 11) is 0. The van der Waals surface area contributed by atoms with E-state index in [1.807, 2.05) is 36.8 Å². The number of hydrogen-bond donors (Lipinski definition) is 0. The van der Waals surface area contributed by atoms with Crippen molar-refractivity contribution in [3.05, 3.63) is 88.4 Å². The van der Waals surface area contributed by atoms with Gasteiger partial charge in [0.05, 0.1) is 6.33 Å². The second kappa shape index (κ2) is 6.33. The highest BCUT2D eigenvalue weighted by Gasteiger charge is 2.15. The molecule has 2 aromatic carbocycles. The van der Waals surface area contributed by atoms with Crippen molar-refractivity contribution in [3.8, 4) is 0 Å². The molecule has 0 aliphatic heterocycles. The van der Waals surface area contributed by atoms with E-state index < -0.39 is 0 Å². The first-order valence-electron chi connectivity index (χ1n) is 6.69. The molecule has 0 atom stereocenters. The molecule has 1 aromatic heterocycles. The van der Waals surface area contributed by atoms with Crippen LogP contribution in [0.5, 0.6) is 0 Å².